The van der Waals surface area contributed by atoms with Crippen LogP contribution in [0.3, 0.4) is 0 Å². The Bertz CT molecular complexity index is 423. The molecular weight excluding hydrogens is 304 g/mol. The molecule has 4 amide bonds. The molecule has 0 atom stereocenters. The van der Waals surface area contributed by atoms with Crippen molar-refractivity contribution in [1.29, 1.82) is 0 Å². The summed E-state index contributed by atoms with van der Waals surface area (Å²) >= 11 is 0. The van der Waals surface area contributed by atoms with Gasteiger partial charge >= 0.3 is 12.1 Å². The van der Waals surface area contributed by atoms with Crippen molar-refractivity contribution >= 4 is 12.1 Å². The standard InChI is InChI=1S/C18H32N4O2/c23-17(19-14-6-2-1-3-7-14)20-16-10-12-22(13-11-16)18(24)21-15-8-4-5-9-15/h14-16H,1-13H2,(H,21,24)(H2,19,20,23). The van der Waals surface area contributed by atoms with Crippen molar-refractivity contribution in [2.45, 2.75) is 88.8 Å². The van der Waals surface area contributed by atoms with Gasteiger partial charge in [-0.15, -0.1) is 0 Å². The number of hydrogen-bond acceptors (Lipinski definition) is 2. The SMILES string of the molecule is O=C(NC1CCCCC1)NC1CCN(C(=O)NC2CCCC2)CC1. The molecule has 136 valence electrons. The lowest BCUT2D eigenvalue weighted by atomic mass is 9.96. The van der Waals surface area contributed by atoms with Crippen LogP contribution in [0.4, 0.5) is 9.59 Å². The van der Waals surface area contributed by atoms with Gasteiger partial charge in [0.25, 0.3) is 0 Å². The Labute approximate surface area is 145 Å². The Hall–Kier alpha value is -1.46. The summed E-state index contributed by atoms with van der Waals surface area (Å²) in [6, 6.07) is 0.942. The van der Waals surface area contributed by atoms with Gasteiger partial charge in [-0.25, -0.2) is 9.59 Å². The number of urea groups is 2. The predicted octanol–water partition coefficient (Wildman–Crippen LogP) is 2.73. The summed E-state index contributed by atoms with van der Waals surface area (Å²) in [5, 5.41) is 9.34. The molecule has 3 aliphatic rings. The van der Waals surface area contributed by atoms with E-state index in [9.17, 15) is 9.59 Å². The normalized spacial score (nSPS) is 23.9. The Balaban J connectivity index is 1.33. The maximum absolute atomic E-state index is 12.3. The minimum absolute atomic E-state index is 0.0317. The van der Waals surface area contributed by atoms with Gasteiger partial charge in [0.05, 0.1) is 0 Å². The van der Waals surface area contributed by atoms with E-state index in [0.29, 0.717) is 12.1 Å². The van der Waals surface area contributed by atoms with E-state index < -0.39 is 0 Å². The molecule has 6 heteroatoms. The third-order valence-electron chi connectivity index (χ3n) is 5.74. The van der Waals surface area contributed by atoms with Crippen molar-refractivity contribution in [3.8, 4) is 0 Å². The Kier molecular flexibility index (Phi) is 6.21. The van der Waals surface area contributed by atoms with Gasteiger partial charge < -0.3 is 20.9 Å². The van der Waals surface area contributed by atoms with E-state index in [1.807, 2.05) is 4.90 Å². The Morgan fingerprint density at radius 3 is 1.67 bits per heavy atom. The summed E-state index contributed by atoms with van der Waals surface area (Å²) in [5.41, 5.74) is 0. The zero-order valence-electron chi connectivity index (χ0n) is 14.7. The van der Waals surface area contributed by atoms with Crippen LogP contribution in [-0.4, -0.2) is 48.2 Å². The van der Waals surface area contributed by atoms with Crippen LogP contribution >= 0.6 is 0 Å². The number of hydrogen-bond donors (Lipinski definition) is 3. The van der Waals surface area contributed by atoms with Gasteiger partial charge in [0, 0.05) is 31.2 Å². The zero-order chi connectivity index (χ0) is 16.8. The van der Waals surface area contributed by atoms with Crippen LogP contribution in [0.15, 0.2) is 0 Å². The second-order valence-electron chi connectivity index (χ2n) is 7.64. The van der Waals surface area contributed by atoms with E-state index in [1.54, 1.807) is 0 Å². The maximum Gasteiger partial charge on any atom is 0.317 e. The third-order valence-corrected chi connectivity index (χ3v) is 5.74. The van der Waals surface area contributed by atoms with E-state index in [-0.39, 0.29) is 18.1 Å². The summed E-state index contributed by atoms with van der Waals surface area (Å²) in [4.78, 5) is 26.3. The Morgan fingerprint density at radius 1 is 0.625 bits per heavy atom. The first-order valence-corrected chi connectivity index (χ1v) is 9.83. The molecule has 0 aromatic rings. The van der Waals surface area contributed by atoms with Crippen LogP contribution in [0.1, 0.15) is 70.6 Å². The minimum atomic E-state index is -0.0317. The van der Waals surface area contributed by atoms with Crippen molar-refractivity contribution in [2.75, 3.05) is 13.1 Å². The van der Waals surface area contributed by atoms with Crippen LogP contribution in [0.2, 0.25) is 0 Å². The summed E-state index contributed by atoms with van der Waals surface area (Å²) in [5.74, 6) is 0. The molecule has 0 unspecified atom stereocenters. The number of carbonyl (C=O) groups excluding carboxylic acids is 2. The number of carbonyl (C=O) groups is 2. The summed E-state index contributed by atoms with van der Waals surface area (Å²) < 4.78 is 0. The molecule has 2 aliphatic carbocycles. The first-order valence-electron chi connectivity index (χ1n) is 9.83. The van der Waals surface area contributed by atoms with Crippen molar-refractivity contribution in [3.63, 3.8) is 0 Å². The average Bonchev–Trinajstić information content (AvgIpc) is 3.09. The Morgan fingerprint density at radius 2 is 1.08 bits per heavy atom. The van der Waals surface area contributed by atoms with E-state index >= 15 is 0 Å². The van der Waals surface area contributed by atoms with Crippen molar-refractivity contribution in [3.05, 3.63) is 0 Å². The van der Waals surface area contributed by atoms with Crippen molar-refractivity contribution in [1.82, 2.24) is 20.9 Å². The highest BCUT2D eigenvalue weighted by Crippen LogP contribution is 2.19. The van der Waals surface area contributed by atoms with E-state index in [2.05, 4.69) is 16.0 Å². The fourth-order valence-electron chi connectivity index (χ4n) is 4.22. The predicted molar refractivity (Wildman–Crippen MR) is 93.9 cm³/mol. The van der Waals surface area contributed by atoms with Crippen molar-refractivity contribution < 1.29 is 9.59 Å². The zero-order valence-corrected chi connectivity index (χ0v) is 14.7. The summed E-state index contributed by atoms with van der Waals surface area (Å²) in [6.07, 6.45) is 12.3. The molecule has 1 aliphatic heterocycles. The smallest absolute Gasteiger partial charge is 0.317 e. The second-order valence-corrected chi connectivity index (χ2v) is 7.64. The van der Waals surface area contributed by atoms with Crippen LogP contribution in [-0.2, 0) is 0 Å². The van der Waals surface area contributed by atoms with E-state index in [1.165, 1.54) is 32.1 Å². The number of nitrogens with zero attached hydrogens (tertiary/aromatic N) is 1. The quantitative estimate of drug-likeness (QED) is 0.741. The lowest BCUT2D eigenvalue weighted by molar-refractivity contribution is 0.172. The van der Waals surface area contributed by atoms with Gasteiger partial charge in [-0.3, -0.25) is 0 Å². The molecule has 3 rings (SSSR count). The van der Waals surface area contributed by atoms with Crippen LogP contribution < -0.4 is 16.0 Å². The molecule has 1 heterocycles. The molecule has 0 spiro atoms. The van der Waals surface area contributed by atoms with Crippen LogP contribution in [0.5, 0.6) is 0 Å². The third kappa shape index (κ3) is 5.02. The minimum Gasteiger partial charge on any atom is -0.335 e. The summed E-state index contributed by atoms with van der Waals surface area (Å²) in [7, 11) is 0. The lowest BCUT2D eigenvalue weighted by Crippen LogP contribution is -2.53. The molecule has 0 radical (unpaired) electrons. The number of amides is 4. The first kappa shape index (κ1) is 17.4. The fourth-order valence-corrected chi connectivity index (χ4v) is 4.22. The lowest BCUT2D eigenvalue weighted by Gasteiger charge is -2.33. The summed E-state index contributed by atoms with van der Waals surface area (Å²) in [6.45, 7) is 1.46. The largest absolute Gasteiger partial charge is 0.335 e. The maximum atomic E-state index is 12.3. The number of rotatable bonds is 3. The van der Waals surface area contributed by atoms with Gasteiger partial charge in [0.1, 0.15) is 0 Å². The highest BCUT2D eigenvalue weighted by Gasteiger charge is 2.26. The topological polar surface area (TPSA) is 73.5 Å². The number of piperidine rings is 1. The molecule has 1 saturated heterocycles. The number of nitrogens with one attached hydrogen (secondary N) is 3. The monoisotopic (exact) mass is 336 g/mol. The van der Waals surface area contributed by atoms with Gasteiger partial charge in [0.15, 0.2) is 0 Å². The molecule has 3 N–H and O–H groups in total. The molecule has 6 nitrogen and oxygen atoms in total. The van der Waals surface area contributed by atoms with Gasteiger partial charge in [0.2, 0.25) is 0 Å². The molecule has 0 aromatic heterocycles. The van der Waals surface area contributed by atoms with E-state index in [4.69, 9.17) is 0 Å². The second kappa shape index (κ2) is 8.58. The first-order chi connectivity index (χ1) is 11.7. The molecule has 3 fully saturated rings. The molecule has 24 heavy (non-hydrogen) atoms. The highest BCUT2D eigenvalue weighted by molar-refractivity contribution is 5.75. The molecule has 2 saturated carbocycles. The van der Waals surface area contributed by atoms with Gasteiger partial charge in [-0.05, 0) is 38.5 Å². The van der Waals surface area contributed by atoms with E-state index in [0.717, 1.165) is 51.6 Å². The van der Waals surface area contributed by atoms with Crippen LogP contribution in [0, 0.1) is 0 Å². The molecular formula is C18H32N4O2. The fraction of sp³-hybridized carbons (Fsp3) is 0.889. The number of likely N-dealkylation sites (tertiary alicyclic amines) is 1. The average molecular weight is 336 g/mol. The highest BCUT2D eigenvalue weighted by atomic mass is 16.2. The van der Waals surface area contributed by atoms with Gasteiger partial charge in [-0.2, -0.15) is 0 Å². The van der Waals surface area contributed by atoms with Gasteiger partial charge in [-0.1, -0.05) is 32.1 Å². The van der Waals surface area contributed by atoms with Crippen LogP contribution in [0.25, 0.3) is 0 Å². The van der Waals surface area contributed by atoms with Crippen molar-refractivity contribution in [2.24, 2.45) is 0 Å². The molecule has 0 aromatic carbocycles. The molecule has 0 bridgehead atoms.